The molecule has 1 saturated carbocycles. The van der Waals surface area contributed by atoms with Gasteiger partial charge in [0.15, 0.2) is 0 Å². The van der Waals surface area contributed by atoms with Crippen molar-refractivity contribution in [2.75, 3.05) is 13.7 Å². The molecule has 0 amide bonds. The third kappa shape index (κ3) is 5.57. The molecule has 0 spiro atoms. The topological polar surface area (TPSA) is 40.2 Å². The number of ether oxygens (including phenoxy) is 3. The largest absolute Gasteiger partial charge is 0.371 e. The van der Waals surface area contributed by atoms with Crippen molar-refractivity contribution in [2.45, 2.75) is 50.6 Å². The second-order valence-corrected chi connectivity index (χ2v) is 9.17. The van der Waals surface area contributed by atoms with Crippen molar-refractivity contribution in [1.82, 2.24) is 5.06 Å². The van der Waals surface area contributed by atoms with E-state index < -0.39 is 0 Å². The number of nitrogens with zero attached hydrogens (tertiary/aromatic N) is 1. The molecule has 1 heterocycles. The van der Waals surface area contributed by atoms with E-state index in [4.69, 9.17) is 19.0 Å². The third-order valence-corrected chi connectivity index (χ3v) is 6.90. The van der Waals surface area contributed by atoms with E-state index >= 15 is 0 Å². The summed E-state index contributed by atoms with van der Waals surface area (Å²) in [5, 5.41) is 1.98. The standard InChI is InChI=1S/C29H33NO4/c1-30-26-17-27(31-18-22-11-5-2-6-12-22)29(33-20-24-15-9-4-10-16-24)28(25(26)21-34-30)32-19-23-13-7-3-8-14-23/h2-16,25-29H,17-21H2,1H3. The van der Waals surface area contributed by atoms with Crippen LogP contribution in [0.25, 0.3) is 0 Å². The Balaban J connectivity index is 1.37. The van der Waals surface area contributed by atoms with Crippen LogP contribution >= 0.6 is 0 Å². The fraction of sp³-hybridized carbons (Fsp3) is 0.379. The summed E-state index contributed by atoms with van der Waals surface area (Å²) in [7, 11) is 2.01. The van der Waals surface area contributed by atoms with Crippen molar-refractivity contribution in [2.24, 2.45) is 5.92 Å². The molecule has 3 aromatic carbocycles. The van der Waals surface area contributed by atoms with Crippen LogP contribution in [0.1, 0.15) is 23.1 Å². The molecule has 0 N–H and O–H groups in total. The minimum atomic E-state index is -0.191. The predicted molar refractivity (Wildman–Crippen MR) is 131 cm³/mol. The van der Waals surface area contributed by atoms with Gasteiger partial charge in [-0.25, -0.2) is 0 Å². The fourth-order valence-corrected chi connectivity index (χ4v) is 5.04. The summed E-state index contributed by atoms with van der Waals surface area (Å²) in [6.45, 7) is 2.24. The van der Waals surface area contributed by atoms with E-state index in [9.17, 15) is 0 Å². The van der Waals surface area contributed by atoms with Gasteiger partial charge in [0.25, 0.3) is 0 Å². The Hall–Kier alpha value is -2.54. The molecule has 1 aliphatic heterocycles. The maximum Gasteiger partial charge on any atom is 0.111 e. The lowest BCUT2D eigenvalue weighted by molar-refractivity contribution is -0.196. The van der Waals surface area contributed by atoms with Gasteiger partial charge in [-0.2, -0.15) is 5.06 Å². The molecule has 2 aliphatic rings. The maximum atomic E-state index is 6.60. The van der Waals surface area contributed by atoms with E-state index in [0.29, 0.717) is 26.4 Å². The Kier molecular flexibility index (Phi) is 7.69. The normalized spacial score (nSPS) is 26.9. The smallest absolute Gasteiger partial charge is 0.111 e. The van der Waals surface area contributed by atoms with Crippen molar-refractivity contribution in [1.29, 1.82) is 0 Å². The molecular formula is C29H33NO4. The highest BCUT2D eigenvalue weighted by Crippen LogP contribution is 2.39. The van der Waals surface area contributed by atoms with Gasteiger partial charge in [0, 0.05) is 19.0 Å². The van der Waals surface area contributed by atoms with Crippen molar-refractivity contribution in [3.63, 3.8) is 0 Å². The van der Waals surface area contributed by atoms with E-state index in [-0.39, 0.29) is 30.3 Å². The van der Waals surface area contributed by atoms with Crippen LogP contribution in [-0.2, 0) is 38.9 Å². The SMILES string of the molecule is CN1OCC2C(OCc3ccccc3)C(OCc3ccccc3)C(OCc3ccccc3)CC21. The van der Waals surface area contributed by atoms with Crippen LogP contribution in [0.5, 0.6) is 0 Å². The Morgan fingerprint density at radius 1 is 0.676 bits per heavy atom. The van der Waals surface area contributed by atoms with Crippen LogP contribution in [-0.4, -0.2) is 43.1 Å². The number of benzene rings is 3. The third-order valence-electron chi connectivity index (χ3n) is 6.90. The second kappa shape index (κ2) is 11.3. The van der Waals surface area contributed by atoms with Gasteiger partial charge in [-0.1, -0.05) is 91.0 Å². The van der Waals surface area contributed by atoms with Gasteiger partial charge in [0.2, 0.25) is 0 Å². The molecule has 5 nitrogen and oxygen atoms in total. The van der Waals surface area contributed by atoms with E-state index in [0.717, 1.165) is 23.1 Å². The van der Waals surface area contributed by atoms with Crippen molar-refractivity contribution in [3.8, 4) is 0 Å². The van der Waals surface area contributed by atoms with Crippen molar-refractivity contribution in [3.05, 3.63) is 108 Å². The molecule has 34 heavy (non-hydrogen) atoms. The molecule has 0 radical (unpaired) electrons. The van der Waals surface area contributed by atoms with Gasteiger partial charge in [-0.3, -0.25) is 4.84 Å². The lowest BCUT2D eigenvalue weighted by atomic mass is 9.79. The van der Waals surface area contributed by atoms with Gasteiger partial charge < -0.3 is 14.2 Å². The Bertz CT molecular complexity index is 1000. The minimum Gasteiger partial charge on any atom is -0.371 e. The summed E-state index contributed by atoms with van der Waals surface area (Å²) in [4.78, 5) is 5.95. The predicted octanol–water partition coefficient (Wildman–Crippen LogP) is 5.01. The van der Waals surface area contributed by atoms with E-state index in [1.54, 1.807) is 0 Å². The number of rotatable bonds is 9. The Morgan fingerprint density at radius 3 is 1.68 bits per heavy atom. The summed E-state index contributed by atoms with van der Waals surface area (Å²) in [6.07, 6.45) is 0.422. The van der Waals surface area contributed by atoms with Crippen LogP contribution in [0.2, 0.25) is 0 Å². The molecule has 1 saturated heterocycles. The number of hydrogen-bond acceptors (Lipinski definition) is 5. The highest BCUT2D eigenvalue weighted by molar-refractivity contribution is 5.16. The number of fused-ring (bicyclic) bond motifs is 1. The molecule has 5 unspecified atom stereocenters. The van der Waals surface area contributed by atoms with Crippen LogP contribution in [0.15, 0.2) is 91.0 Å². The monoisotopic (exact) mass is 459 g/mol. The maximum absolute atomic E-state index is 6.60. The highest BCUT2D eigenvalue weighted by atomic mass is 16.7. The first kappa shape index (κ1) is 23.2. The average molecular weight is 460 g/mol. The molecule has 5 heteroatoms. The Labute approximate surface area is 202 Å². The molecule has 178 valence electrons. The van der Waals surface area contributed by atoms with E-state index in [1.165, 1.54) is 0 Å². The molecule has 0 bridgehead atoms. The molecule has 1 aliphatic carbocycles. The first-order valence-corrected chi connectivity index (χ1v) is 12.1. The zero-order valence-corrected chi connectivity index (χ0v) is 19.7. The quantitative estimate of drug-likeness (QED) is 0.450. The first-order chi connectivity index (χ1) is 16.8. The zero-order chi connectivity index (χ0) is 23.2. The number of hydroxylamine groups is 2. The lowest BCUT2D eigenvalue weighted by Gasteiger charge is -2.44. The van der Waals surface area contributed by atoms with Gasteiger partial charge >= 0.3 is 0 Å². The summed E-state index contributed by atoms with van der Waals surface area (Å²) < 4.78 is 19.7. The average Bonchev–Trinajstić information content (AvgIpc) is 3.27. The lowest BCUT2D eigenvalue weighted by Crippen LogP contribution is -2.56. The van der Waals surface area contributed by atoms with E-state index in [2.05, 4.69) is 36.4 Å². The molecule has 3 aromatic rings. The van der Waals surface area contributed by atoms with Crippen molar-refractivity contribution < 1.29 is 19.0 Å². The van der Waals surface area contributed by atoms with Crippen LogP contribution in [0, 0.1) is 5.92 Å². The van der Waals surface area contributed by atoms with Gasteiger partial charge in [0.05, 0.1) is 38.6 Å². The van der Waals surface area contributed by atoms with Gasteiger partial charge in [0.1, 0.15) is 6.10 Å². The molecule has 2 fully saturated rings. The summed E-state index contributed by atoms with van der Waals surface area (Å²) in [5.74, 6) is 0.228. The second-order valence-electron chi connectivity index (χ2n) is 9.17. The van der Waals surface area contributed by atoms with E-state index in [1.807, 2.05) is 66.7 Å². The minimum absolute atomic E-state index is 0.102. The van der Waals surface area contributed by atoms with Gasteiger partial charge in [-0.05, 0) is 23.1 Å². The zero-order valence-electron chi connectivity index (χ0n) is 19.7. The van der Waals surface area contributed by atoms with Crippen LogP contribution in [0.3, 0.4) is 0 Å². The van der Waals surface area contributed by atoms with Gasteiger partial charge in [-0.15, -0.1) is 0 Å². The highest BCUT2D eigenvalue weighted by Gasteiger charge is 2.51. The Morgan fingerprint density at radius 2 is 1.15 bits per heavy atom. The molecule has 0 aromatic heterocycles. The van der Waals surface area contributed by atoms with Crippen LogP contribution < -0.4 is 0 Å². The summed E-state index contributed by atoms with van der Waals surface area (Å²) in [5.41, 5.74) is 3.46. The number of hydrogen-bond donors (Lipinski definition) is 0. The van der Waals surface area contributed by atoms with Crippen LogP contribution in [0.4, 0.5) is 0 Å². The molecule has 5 atom stereocenters. The fourth-order valence-electron chi connectivity index (χ4n) is 5.04. The van der Waals surface area contributed by atoms with Crippen molar-refractivity contribution >= 4 is 0 Å². The summed E-state index contributed by atoms with van der Waals surface area (Å²) in [6, 6.07) is 31.2. The summed E-state index contributed by atoms with van der Waals surface area (Å²) >= 11 is 0. The first-order valence-electron chi connectivity index (χ1n) is 12.1. The molecule has 5 rings (SSSR count). The molecular weight excluding hydrogens is 426 g/mol.